The highest BCUT2D eigenvalue weighted by molar-refractivity contribution is 6.09. The molecule has 0 bridgehead atoms. The second-order valence-electron chi connectivity index (χ2n) is 4.54. The third-order valence-electron chi connectivity index (χ3n) is 3.16. The van der Waals surface area contributed by atoms with E-state index in [-0.39, 0.29) is 5.78 Å². The van der Waals surface area contributed by atoms with Gasteiger partial charge in [0, 0.05) is 12.1 Å². The SMILES string of the molecule is CCCn1c(=O)oc2cc(C(=O)c3ccoc3)ccc21. The number of carbonyl (C=O) groups excluding carboxylic acids is 1. The number of nitrogens with zero attached hydrogens (tertiary/aromatic N) is 1. The molecule has 1 aromatic carbocycles. The summed E-state index contributed by atoms with van der Waals surface area (Å²) in [5.41, 5.74) is 2.08. The predicted molar refractivity (Wildman–Crippen MR) is 72.9 cm³/mol. The van der Waals surface area contributed by atoms with E-state index in [1.54, 1.807) is 28.8 Å². The Bertz CT molecular complexity index is 808. The number of ketones is 1. The first-order valence-electron chi connectivity index (χ1n) is 6.41. The van der Waals surface area contributed by atoms with Gasteiger partial charge in [-0.05, 0) is 30.7 Å². The minimum atomic E-state index is -0.394. The average Bonchev–Trinajstić information content (AvgIpc) is 3.07. The maximum Gasteiger partial charge on any atom is 0.419 e. The van der Waals surface area contributed by atoms with Gasteiger partial charge < -0.3 is 8.83 Å². The zero-order chi connectivity index (χ0) is 14.1. The summed E-state index contributed by atoms with van der Waals surface area (Å²) in [6.45, 7) is 2.59. The van der Waals surface area contributed by atoms with Crippen LogP contribution in [0.1, 0.15) is 29.3 Å². The minimum Gasteiger partial charge on any atom is -0.472 e. The molecule has 0 N–H and O–H groups in total. The van der Waals surface area contributed by atoms with Gasteiger partial charge in [0.25, 0.3) is 0 Å². The Hall–Kier alpha value is -2.56. The van der Waals surface area contributed by atoms with Crippen molar-refractivity contribution < 1.29 is 13.6 Å². The molecule has 0 atom stereocenters. The standard InChI is InChI=1S/C15H13NO4/c1-2-6-16-12-4-3-10(8-13(12)20-15(16)18)14(17)11-5-7-19-9-11/h3-5,7-9H,2,6H2,1H3. The van der Waals surface area contributed by atoms with E-state index in [9.17, 15) is 9.59 Å². The highest BCUT2D eigenvalue weighted by Gasteiger charge is 2.14. The summed E-state index contributed by atoms with van der Waals surface area (Å²) >= 11 is 0. The van der Waals surface area contributed by atoms with Gasteiger partial charge in [0.05, 0.1) is 17.3 Å². The monoisotopic (exact) mass is 271 g/mol. The van der Waals surface area contributed by atoms with Gasteiger partial charge in [-0.3, -0.25) is 9.36 Å². The molecule has 5 nitrogen and oxygen atoms in total. The molecule has 0 saturated heterocycles. The lowest BCUT2D eigenvalue weighted by molar-refractivity contribution is 0.103. The summed E-state index contributed by atoms with van der Waals surface area (Å²) in [6, 6.07) is 6.63. The topological polar surface area (TPSA) is 65.3 Å². The van der Waals surface area contributed by atoms with Crippen molar-refractivity contribution in [3.63, 3.8) is 0 Å². The van der Waals surface area contributed by atoms with E-state index in [0.29, 0.717) is 28.8 Å². The molecule has 0 spiro atoms. The van der Waals surface area contributed by atoms with Crippen molar-refractivity contribution in [1.29, 1.82) is 0 Å². The molecule has 0 radical (unpaired) electrons. The molecule has 0 unspecified atom stereocenters. The highest BCUT2D eigenvalue weighted by atomic mass is 16.4. The Morgan fingerprint density at radius 1 is 1.25 bits per heavy atom. The lowest BCUT2D eigenvalue weighted by atomic mass is 10.1. The van der Waals surface area contributed by atoms with Crippen LogP contribution in [0.3, 0.4) is 0 Å². The number of fused-ring (bicyclic) bond motifs is 1. The van der Waals surface area contributed by atoms with Crippen molar-refractivity contribution >= 4 is 16.9 Å². The van der Waals surface area contributed by atoms with Crippen LogP contribution in [0.5, 0.6) is 0 Å². The zero-order valence-corrected chi connectivity index (χ0v) is 11.0. The van der Waals surface area contributed by atoms with Gasteiger partial charge in [0.1, 0.15) is 6.26 Å². The van der Waals surface area contributed by atoms with Gasteiger partial charge >= 0.3 is 5.76 Å². The molecule has 3 rings (SSSR count). The van der Waals surface area contributed by atoms with E-state index in [1.807, 2.05) is 6.92 Å². The first-order chi connectivity index (χ1) is 9.70. The Kier molecular flexibility index (Phi) is 3.02. The fraction of sp³-hybridized carbons (Fsp3) is 0.200. The van der Waals surface area contributed by atoms with Crippen molar-refractivity contribution in [2.24, 2.45) is 0 Å². The van der Waals surface area contributed by atoms with Crippen LogP contribution >= 0.6 is 0 Å². The van der Waals surface area contributed by atoms with Gasteiger partial charge in [-0.25, -0.2) is 4.79 Å². The van der Waals surface area contributed by atoms with Crippen LogP contribution in [0.15, 0.2) is 50.4 Å². The summed E-state index contributed by atoms with van der Waals surface area (Å²) in [4.78, 5) is 23.9. The van der Waals surface area contributed by atoms with Crippen molar-refractivity contribution in [2.75, 3.05) is 0 Å². The molecule has 0 saturated carbocycles. The number of hydrogen-bond donors (Lipinski definition) is 0. The quantitative estimate of drug-likeness (QED) is 0.684. The molecule has 0 aliphatic heterocycles. The number of rotatable bonds is 4. The third kappa shape index (κ3) is 1.97. The normalized spacial score (nSPS) is 11.1. The Balaban J connectivity index is 2.08. The zero-order valence-electron chi connectivity index (χ0n) is 11.0. The highest BCUT2D eigenvalue weighted by Crippen LogP contribution is 2.18. The Morgan fingerprint density at radius 3 is 2.80 bits per heavy atom. The van der Waals surface area contributed by atoms with Gasteiger partial charge in [0.2, 0.25) is 0 Å². The van der Waals surface area contributed by atoms with E-state index in [2.05, 4.69) is 0 Å². The molecule has 0 aliphatic carbocycles. The number of oxazole rings is 1. The number of aryl methyl sites for hydroxylation is 1. The summed E-state index contributed by atoms with van der Waals surface area (Å²) in [6.07, 6.45) is 3.68. The van der Waals surface area contributed by atoms with Crippen LogP contribution in [0.25, 0.3) is 11.1 Å². The van der Waals surface area contributed by atoms with Gasteiger partial charge in [0.15, 0.2) is 11.4 Å². The largest absolute Gasteiger partial charge is 0.472 e. The van der Waals surface area contributed by atoms with E-state index >= 15 is 0 Å². The molecule has 5 heteroatoms. The fourth-order valence-corrected chi connectivity index (χ4v) is 2.20. The number of carbonyl (C=O) groups is 1. The second-order valence-corrected chi connectivity index (χ2v) is 4.54. The maximum absolute atomic E-state index is 12.2. The summed E-state index contributed by atoms with van der Waals surface area (Å²) < 4.78 is 11.7. The first-order valence-corrected chi connectivity index (χ1v) is 6.41. The van der Waals surface area contributed by atoms with Gasteiger partial charge in [-0.15, -0.1) is 0 Å². The smallest absolute Gasteiger partial charge is 0.419 e. The second kappa shape index (κ2) is 4.85. The molecular weight excluding hydrogens is 258 g/mol. The predicted octanol–water partition coefficient (Wildman–Crippen LogP) is 2.83. The summed E-state index contributed by atoms with van der Waals surface area (Å²) in [5.74, 6) is -0.554. The van der Waals surface area contributed by atoms with Crippen LogP contribution in [0.2, 0.25) is 0 Å². The Labute approximate surface area is 114 Å². The molecule has 2 heterocycles. The lowest BCUT2D eigenvalue weighted by Crippen LogP contribution is -2.13. The molecule has 102 valence electrons. The van der Waals surface area contributed by atoms with Gasteiger partial charge in [-0.2, -0.15) is 0 Å². The van der Waals surface area contributed by atoms with Crippen LogP contribution in [0, 0.1) is 0 Å². The molecular formula is C15H13NO4. The molecule has 0 fully saturated rings. The molecule has 3 aromatic rings. The van der Waals surface area contributed by atoms with E-state index in [4.69, 9.17) is 8.83 Å². The average molecular weight is 271 g/mol. The van der Waals surface area contributed by atoms with Crippen molar-refractivity contribution in [3.05, 3.63) is 58.5 Å². The van der Waals surface area contributed by atoms with Crippen LogP contribution in [-0.2, 0) is 6.54 Å². The molecule has 0 aliphatic rings. The van der Waals surface area contributed by atoms with Crippen molar-refractivity contribution in [3.8, 4) is 0 Å². The Morgan fingerprint density at radius 2 is 2.10 bits per heavy atom. The number of furan rings is 1. The summed E-state index contributed by atoms with van der Waals surface area (Å²) in [5, 5.41) is 0. The number of aromatic nitrogens is 1. The minimum absolute atomic E-state index is 0.161. The van der Waals surface area contributed by atoms with Crippen molar-refractivity contribution in [2.45, 2.75) is 19.9 Å². The summed E-state index contributed by atoms with van der Waals surface area (Å²) in [7, 11) is 0. The van der Waals surface area contributed by atoms with Crippen molar-refractivity contribution in [1.82, 2.24) is 4.57 Å². The van der Waals surface area contributed by atoms with E-state index in [0.717, 1.165) is 6.42 Å². The molecule has 20 heavy (non-hydrogen) atoms. The number of benzene rings is 1. The van der Waals surface area contributed by atoms with E-state index < -0.39 is 5.76 Å². The van der Waals surface area contributed by atoms with Crippen LogP contribution < -0.4 is 5.76 Å². The van der Waals surface area contributed by atoms with Crippen LogP contribution in [0.4, 0.5) is 0 Å². The molecule has 0 amide bonds. The fourth-order valence-electron chi connectivity index (χ4n) is 2.20. The lowest BCUT2D eigenvalue weighted by Gasteiger charge is -2.00. The molecule has 2 aromatic heterocycles. The first kappa shape index (κ1) is 12.5. The maximum atomic E-state index is 12.2. The number of hydrogen-bond acceptors (Lipinski definition) is 4. The van der Waals surface area contributed by atoms with Gasteiger partial charge in [-0.1, -0.05) is 6.92 Å². The van der Waals surface area contributed by atoms with E-state index in [1.165, 1.54) is 12.5 Å². The van der Waals surface area contributed by atoms with Crippen LogP contribution in [-0.4, -0.2) is 10.4 Å². The third-order valence-corrected chi connectivity index (χ3v) is 3.16.